The Bertz CT molecular complexity index is 1230. The van der Waals surface area contributed by atoms with Crippen LogP contribution >= 0.6 is 0 Å². The SMILES string of the molecule is Cc1c(NC(=O)c2cccc(-n3cnnn3)c2)cccc1-c1nnc2n1CCCCC2. The topological polar surface area (TPSA) is 103 Å². The fraction of sp³-hybridized carbons (Fsp3) is 0.273. The van der Waals surface area contributed by atoms with Gasteiger partial charge in [-0.25, -0.2) is 4.68 Å². The number of tetrazole rings is 1. The van der Waals surface area contributed by atoms with Gasteiger partial charge in [0.25, 0.3) is 5.91 Å². The number of hydrogen-bond donors (Lipinski definition) is 1. The Morgan fingerprint density at radius 3 is 2.84 bits per heavy atom. The van der Waals surface area contributed by atoms with Crippen molar-refractivity contribution in [2.45, 2.75) is 39.2 Å². The summed E-state index contributed by atoms with van der Waals surface area (Å²) in [5.41, 5.74) is 3.94. The zero-order valence-electron chi connectivity index (χ0n) is 17.2. The first kappa shape index (κ1) is 19.1. The smallest absolute Gasteiger partial charge is 0.255 e. The summed E-state index contributed by atoms with van der Waals surface area (Å²) in [4.78, 5) is 13.0. The third kappa shape index (κ3) is 3.70. The van der Waals surface area contributed by atoms with Gasteiger partial charge in [0.1, 0.15) is 12.2 Å². The second-order valence-electron chi connectivity index (χ2n) is 7.64. The molecule has 1 N–H and O–H groups in total. The molecule has 0 aliphatic carbocycles. The van der Waals surface area contributed by atoms with Crippen LogP contribution < -0.4 is 5.32 Å². The van der Waals surface area contributed by atoms with Gasteiger partial charge < -0.3 is 9.88 Å². The molecule has 0 bridgehead atoms. The van der Waals surface area contributed by atoms with E-state index in [0.29, 0.717) is 11.3 Å². The fourth-order valence-electron chi connectivity index (χ4n) is 3.96. The molecule has 1 aliphatic heterocycles. The summed E-state index contributed by atoms with van der Waals surface area (Å²) >= 11 is 0. The molecule has 156 valence electrons. The summed E-state index contributed by atoms with van der Waals surface area (Å²) in [6.45, 7) is 2.93. The zero-order chi connectivity index (χ0) is 21.2. The standard InChI is InChI=1S/C22H22N8O/c1-15-18(21-26-25-20-11-3-2-4-12-29(20)21)9-6-10-19(15)24-22(31)16-7-5-8-17(13-16)30-14-23-27-28-30/h5-10,13-14H,2-4,11-12H2,1H3,(H,24,31). The lowest BCUT2D eigenvalue weighted by molar-refractivity contribution is 0.102. The van der Waals surface area contributed by atoms with Crippen LogP contribution in [0.2, 0.25) is 0 Å². The second kappa shape index (κ2) is 8.10. The molecule has 4 aromatic rings. The van der Waals surface area contributed by atoms with Crippen LogP contribution in [0.5, 0.6) is 0 Å². The number of benzene rings is 2. The zero-order valence-corrected chi connectivity index (χ0v) is 17.2. The van der Waals surface area contributed by atoms with E-state index < -0.39 is 0 Å². The quantitative estimate of drug-likeness (QED) is 0.550. The van der Waals surface area contributed by atoms with Crippen molar-refractivity contribution in [1.82, 2.24) is 35.0 Å². The predicted octanol–water partition coefficient (Wildman–Crippen LogP) is 3.21. The monoisotopic (exact) mass is 414 g/mol. The number of anilines is 1. The number of carbonyl (C=O) groups is 1. The summed E-state index contributed by atoms with van der Waals surface area (Å²) in [6.07, 6.45) is 5.94. The van der Waals surface area contributed by atoms with Gasteiger partial charge in [-0.2, -0.15) is 0 Å². The lowest BCUT2D eigenvalue weighted by atomic mass is 10.1. The highest BCUT2D eigenvalue weighted by Gasteiger charge is 2.19. The van der Waals surface area contributed by atoms with Crippen LogP contribution in [0, 0.1) is 6.92 Å². The van der Waals surface area contributed by atoms with E-state index in [1.54, 1.807) is 18.2 Å². The van der Waals surface area contributed by atoms with Gasteiger partial charge in [-0.05, 0) is 60.0 Å². The van der Waals surface area contributed by atoms with Crippen molar-refractivity contribution < 1.29 is 4.79 Å². The second-order valence-corrected chi connectivity index (χ2v) is 7.64. The van der Waals surface area contributed by atoms with Gasteiger partial charge in [0.15, 0.2) is 5.82 Å². The highest BCUT2D eigenvalue weighted by molar-refractivity contribution is 6.05. The largest absolute Gasteiger partial charge is 0.322 e. The maximum Gasteiger partial charge on any atom is 0.255 e. The Balaban J connectivity index is 1.43. The van der Waals surface area contributed by atoms with Crippen LogP contribution in [0.1, 0.15) is 41.0 Å². The minimum absolute atomic E-state index is 0.199. The normalized spacial score (nSPS) is 13.5. The van der Waals surface area contributed by atoms with Gasteiger partial charge in [0, 0.05) is 29.8 Å². The highest BCUT2D eigenvalue weighted by Crippen LogP contribution is 2.29. The van der Waals surface area contributed by atoms with E-state index in [-0.39, 0.29) is 5.91 Å². The van der Waals surface area contributed by atoms with Crippen LogP contribution in [0.3, 0.4) is 0 Å². The van der Waals surface area contributed by atoms with Gasteiger partial charge in [-0.15, -0.1) is 15.3 Å². The number of nitrogens with one attached hydrogen (secondary N) is 1. The molecule has 0 saturated heterocycles. The number of nitrogens with zero attached hydrogens (tertiary/aromatic N) is 7. The number of rotatable bonds is 4. The molecule has 1 aliphatic rings. The number of amides is 1. The number of carbonyl (C=O) groups excluding carboxylic acids is 1. The van der Waals surface area contributed by atoms with E-state index in [9.17, 15) is 4.79 Å². The van der Waals surface area contributed by atoms with Crippen LogP contribution in [0.25, 0.3) is 17.1 Å². The van der Waals surface area contributed by atoms with Crippen molar-refractivity contribution in [1.29, 1.82) is 0 Å². The lowest BCUT2D eigenvalue weighted by Crippen LogP contribution is -2.14. The molecule has 0 saturated carbocycles. The maximum atomic E-state index is 13.0. The summed E-state index contributed by atoms with van der Waals surface area (Å²) < 4.78 is 3.73. The van der Waals surface area contributed by atoms with Crippen molar-refractivity contribution in [3.8, 4) is 17.1 Å². The van der Waals surface area contributed by atoms with Crippen molar-refractivity contribution in [2.24, 2.45) is 0 Å². The summed E-state index contributed by atoms with van der Waals surface area (Å²) in [6, 6.07) is 13.0. The summed E-state index contributed by atoms with van der Waals surface area (Å²) in [5.74, 6) is 1.71. The molecule has 31 heavy (non-hydrogen) atoms. The molecule has 2 aromatic carbocycles. The fourth-order valence-corrected chi connectivity index (χ4v) is 3.96. The molecule has 0 radical (unpaired) electrons. The molecule has 9 nitrogen and oxygen atoms in total. The Kier molecular flexibility index (Phi) is 4.99. The minimum Gasteiger partial charge on any atom is -0.322 e. The van der Waals surface area contributed by atoms with Crippen LogP contribution in [-0.4, -0.2) is 40.9 Å². The van der Waals surface area contributed by atoms with Crippen molar-refractivity contribution in [2.75, 3.05) is 5.32 Å². The predicted molar refractivity (Wildman–Crippen MR) is 115 cm³/mol. The summed E-state index contributed by atoms with van der Waals surface area (Å²) in [5, 5.41) is 23.1. The third-order valence-corrected chi connectivity index (χ3v) is 5.65. The number of aromatic nitrogens is 7. The van der Waals surface area contributed by atoms with Crippen LogP contribution in [0.4, 0.5) is 5.69 Å². The molecule has 0 unspecified atom stereocenters. The average Bonchev–Trinajstić information content (AvgIpc) is 3.41. The average molecular weight is 414 g/mol. The third-order valence-electron chi connectivity index (χ3n) is 5.65. The van der Waals surface area contributed by atoms with Crippen molar-refractivity contribution in [3.63, 3.8) is 0 Å². The Labute approximate surface area is 179 Å². The molecule has 0 fully saturated rings. The molecule has 9 heteroatoms. The van der Waals surface area contributed by atoms with Gasteiger partial charge in [-0.3, -0.25) is 4.79 Å². The first-order valence-electron chi connectivity index (χ1n) is 10.4. The van der Waals surface area contributed by atoms with Gasteiger partial charge >= 0.3 is 0 Å². The van der Waals surface area contributed by atoms with E-state index in [2.05, 4.69) is 35.6 Å². The minimum atomic E-state index is -0.199. The molecule has 2 aromatic heterocycles. The number of fused-ring (bicyclic) bond motifs is 1. The van der Waals surface area contributed by atoms with Crippen molar-refractivity contribution >= 4 is 11.6 Å². The Morgan fingerprint density at radius 2 is 1.97 bits per heavy atom. The lowest BCUT2D eigenvalue weighted by Gasteiger charge is -2.14. The molecule has 1 amide bonds. The Morgan fingerprint density at radius 1 is 1.06 bits per heavy atom. The molecular weight excluding hydrogens is 392 g/mol. The van der Waals surface area contributed by atoms with E-state index in [4.69, 9.17) is 0 Å². The summed E-state index contributed by atoms with van der Waals surface area (Å²) in [7, 11) is 0. The number of hydrogen-bond acceptors (Lipinski definition) is 6. The van der Waals surface area contributed by atoms with Crippen molar-refractivity contribution in [3.05, 3.63) is 65.7 Å². The first-order chi connectivity index (χ1) is 15.2. The Hall–Kier alpha value is -3.88. The van der Waals surface area contributed by atoms with Gasteiger partial charge in [0.05, 0.1) is 5.69 Å². The van der Waals surface area contributed by atoms with Crippen LogP contribution in [0.15, 0.2) is 48.8 Å². The first-order valence-corrected chi connectivity index (χ1v) is 10.4. The van der Waals surface area contributed by atoms with E-state index in [1.165, 1.54) is 17.4 Å². The molecule has 0 spiro atoms. The van der Waals surface area contributed by atoms with E-state index in [1.807, 2.05) is 31.2 Å². The van der Waals surface area contributed by atoms with E-state index in [0.717, 1.165) is 54.3 Å². The molecular formula is C22H22N8O. The van der Waals surface area contributed by atoms with Gasteiger partial charge in [-0.1, -0.05) is 24.6 Å². The van der Waals surface area contributed by atoms with Crippen LogP contribution in [-0.2, 0) is 13.0 Å². The molecule has 3 heterocycles. The number of aryl methyl sites for hydroxylation is 1. The molecule has 0 atom stereocenters. The maximum absolute atomic E-state index is 13.0. The highest BCUT2D eigenvalue weighted by atomic mass is 16.1. The molecule has 5 rings (SSSR count). The van der Waals surface area contributed by atoms with E-state index >= 15 is 0 Å². The van der Waals surface area contributed by atoms with Gasteiger partial charge in [0.2, 0.25) is 0 Å².